The molecule has 0 atom stereocenters. The van der Waals surface area contributed by atoms with E-state index in [0.29, 0.717) is 5.92 Å². The van der Waals surface area contributed by atoms with Gasteiger partial charge >= 0.3 is 0 Å². The monoisotopic (exact) mass is 273 g/mol. The van der Waals surface area contributed by atoms with Gasteiger partial charge in [-0.15, -0.1) is 0 Å². The lowest BCUT2D eigenvalue weighted by atomic mass is 10.1. The lowest BCUT2D eigenvalue weighted by Crippen LogP contribution is -2.25. The van der Waals surface area contributed by atoms with Crippen molar-refractivity contribution >= 4 is 0 Å². The number of aromatic nitrogens is 4. The molecule has 3 heterocycles. The number of rotatable bonds is 4. The third-order valence-corrected chi connectivity index (χ3v) is 4.01. The zero-order valence-corrected chi connectivity index (χ0v) is 12.6. The average molecular weight is 273 g/mol. The molecule has 0 amide bonds. The predicted octanol–water partition coefficient (Wildman–Crippen LogP) is 1.63. The van der Waals surface area contributed by atoms with Gasteiger partial charge in [0.25, 0.3) is 0 Å². The molecule has 5 heteroatoms. The fourth-order valence-corrected chi connectivity index (χ4v) is 2.93. The van der Waals surface area contributed by atoms with E-state index < -0.39 is 0 Å². The highest BCUT2D eigenvalue weighted by Crippen LogP contribution is 2.22. The Kier molecular flexibility index (Phi) is 3.61. The Morgan fingerprint density at radius 3 is 2.95 bits per heavy atom. The summed E-state index contributed by atoms with van der Waals surface area (Å²) in [5, 5.41) is 3.41. The summed E-state index contributed by atoms with van der Waals surface area (Å²) >= 11 is 0. The second-order valence-electron chi connectivity index (χ2n) is 5.80. The van der Waals surface area contributed by atoms with Gasteiger partial charge in [-0.05, 0) is 0 Å². The van der Waals surface area contributed by atoms with Crippen molar-refractivity contribution in [2.75, 3.05) is 6.54 Å². The van der Waals surface area contributed by atoms with E-state index in [0.717, 1.165) is 38.3 Å². The van der Waals surface area contributed by atoms with Crippen LogP contribution in [0.1, 0.15) is 42.8 Å². The quantitative estimate of drug-likeness (QED) is 0.921. The third-order valence-electron chi connectivity index (χ3n) is 4.01. The Morgan fingerprint density at radius 2 is 2.25 bits per heavy atom. The summed E-state index contributed by atoms with van der Waals surface area (Å²) in [7, 11) is 2.05. The lowest BCUT2D eigenvalue weighted by molar-refractivity contribution is 0.556. The van der Waals surface area contributed by atoms with Crippen LogP contribution in [0, 0.1) is 0 Å². The van der Waals surface area contributed by atoms with E-state index in [1.165, 1.54) is 17.2 Å². The summed E-state index contributed by atoms with van der Waals surface area (Å²) in [6.45, 7) is 7.38. The SMILES string of the molecule is CC(C)c1nc2c(n1CCc1nccn1C)CCNC2. The Morgan fingerprint density at radius 1 is 1.40 bits per heavy atom. The maximum Gasteiger partial charge on any atom is 0.111 e. The van der Waals surface area contributed by atoms with Crippen LogP contribution in [0.4, 0.5) is 0 Å². The maximum atomic E-state index is 4.85. The first-order chi connectivity index (χ1) is 9.66. The fraction of sp³-hybridized carbons (Fsp3) is 0.600. The van der Waals surface area contributed by atoms with Crippen LogP contribution in [0.15, 0.2) is 12.4 Å². The molecule has 2 aromatic heterocycles. The summed E-state index contributed by atoms with van der Waals surface area (Å²) in [6.07, 6.45) is 5.91. The molecule has 1 aliphatic heterocycles. The summed E-state index contributed by atoms with van der Waals surface area (Å²) in [5.41, 5.74) is 2.65. The number of nitrogens with zero attached hydrogens (tertiary/aromatic N) is 4. The molecular weight excluding hydrogens is 250 g/mol. The van der Waals surface area contributed by atoms with Gasteiger partial charge in [0.05, 0.1) is 5.69 Å². The van der Waals surface area contributed by atoms with Crippen molar-refractivity contribution in [2.45, 2.75) is 45.7 Å². The Labute approximate surface area is 120 Å². The molecule has 108 valence electrons. The van der Waals surface area contributed by atoms with Gasteiger partial charge in [0.1, 0.15) is 11.6 Å². The van der Waals surface area contributed by atoms with Crippen molar-refractivity contribution in [1.29, 1.82) is 0 Å². The molecule has 1 N–H and O–H groups in total. The molecule has 5 nitrogen and oxygen atoms in total. The second kappa shape index (κ2) is 5.40. The van der Waals surface area contributed by atoms with Crippen molar-refractivity contribution in [3.8, 4) is 0 Å². The normalized spacial score (nSPS) is 14.8. The van der Waals surface area contributed by atoms with Crippen LogP contribution in [0.5, 0.6) is 0 Å². The van der Waals surface area contributed by atoms with Gasteiger partial charge < -0.3 is 14.5 Å². The van der Waals surface area contributed by atoms with Crippen molar-refractivity contribution < 1.29 is 0 Å². The van der Waals surface area contributed by atoms with Crippen LogP contribution in [0.2, 0.25) is 0 Å². The van der Waals surface area contributed by atoms with E-state index in [-0.39, 0.29) is 0 Å². The Balaban J connectivity index is 1.87. The van der Waals surface area contributed by atoms with E-state index >= 15 is 0 Å². The van der Waals surface area contributed by atoms with E-state index in [9.17, 15) is 0 Å². The Bertz CT molecular complexity index is 593. The minimum atomic E-state index is 0.460. The summed E-state index contributed by atoms with van der Waals surface area (Å²) in [4.78, 5) is 9.26. The summed E-state index contributed by atoms with van der Waals surface area (Å²) in [6, 6.07) is 0. The standard InChI is InChI=1S/C15H23N5/c1-11(2)15-18-12-10-16-6-4-13(12)20(15)8-5-14-17-7-9-19(14)3/h7,9,11,16H,4-6,8,10H2,1-3H3. The third kappa shape index (κ3) is 2.38. The molecule has 0 fully saturated rings. The highest BCUT2D eigenvalue weighted by molar-refractivity contribution is 5.22. The van der Waals surface area contributed by atoms with Crippen LogP contribution in [-0.4, -0.2) is 25.6 Å². The van der Waals surface area contributed by atoms with Crippen LogP contribution >= 0.6 is 0 Å². The first-order valence-electron chi connectivity index (χ1n) is 7.42. The molecule has 0 unspecified atom stereocenters. The van der Waals surface area contributed by atoms with Gasteiger partial charge in [-0.2, -0.15) is 0 Å². The number of hydrogen-bond donors (Lipinski definition) is 1. The van der Waals surface area contributed by atoms with Gasteiger partial charge in [0.2, 0.25) is 0 Å². The molecule has 1 aliphatic rings. The minimum Gasteiger partial charge on any atom is -0.338 e. The number of imidazole rings is 2. The molecule has 0 aliphatic carbocycles. The molecular formula is C15H23N5. The number of fused-ring (bicyclic) bond motifs is 1. The first-order valence-corrected chi connectivity index (χ1v) is 7.42. The zero-order chi connectivity index (χ0) is 14.1. The molecule has 3 rings (SSSR count). The zero-order valence-electron chi connectivity index (χ0n) is 12.6. The fourth-order valence-electron chi connectivity index (χ4n) is 2.93. The molecule has 0 saturated heterocycles. The van der Waals surface area contributed by atoms with Crippen molar-refractivity contribution in [3.63, 3.8) is 0 Å². The molecule has 0 aromatic carbocycles. The maximum absolute atomic E-state index is 4.85. The first kappa shape index (κ1) is 13.4. The number of aryl methyl sites for hydroxylation is 2. The van der Waals surface area contributed by atoms with Crippen molar-refractivity contribution in [1.82, 2.24) is 24.4 Å². The number of hydrogen-bond acceptors (Lipinski definition) is 3. The highest BCUT2D eigenvalue weighted by atomic mass is 15.1. The highest BCUT2D eigenvalue weighted by Gasteiger charge is 2.21. The van der Waals surface area contributed by atoms with Gasteiger partial charge in [-0.3, -0.25) is 0 Å². The summed E-state index contributed by atoms with van der Waals surface area (Å²) < 4.78 is 4.52. The number of nitrogens with one attached hydrogen (secondary N) is 1. The van der Waals surface area contributed by atoms with Crippen LogP contribution in [0.3, 0.4) is 0 Å². The van der Waals surface area contributed by atoms with Gasteiger partial charge in [0, 0.05) is 63.5 Å². The van der Waals surface area contributed by atoms with E-state index in [1.807, 2.05) is 12.4 Å². The minimum absolute atomic E-state index is 0.460. The smallest absolute Gasteiger partial charge is 0.111 e. The van der Waals surface area contributed by atoms with Crippen molar-refractivity contribution in [2.24, 2.45) is 7.05 Å². The molecule has 0 saturated carbocycles. The molecule has 2 aromatic rings. The lowest BCUT2D eigenvalue weighted by Gasteiger charge is -2.17. The second-order valence-corrected chi connectivity index (χ2v) is 5.80. The van der Waals surface area contributed by atoms with Crippen molar-refractivity contribution in [3.05, 3.63) is 35.4 Å². The molecule has 0 bridgehead atoms. The van der Waals surface area contributed by atoms with Gasteiger partial charge in [-0.25, -0.2) is 9.97 Å². The van der Waals surface area contributed by atoms with Crippen LogP contribution in [-0.2, 0) is 33.0 Å². The van der Waals surface area contributed by atoms with E-state index in [2.05, 4.69) is 40.3 Å². The average Bonchev–Trinajstić information content (AvgIpc) is 3.00. The predicted molar refractivity (Wildman–Crippen MR) is 78.6 cm³/mol. The molecule has 0 radical (unpaired) electrons. The van der Waals surface area contributed by atoms with E-state index in [1.54, 1.807) is 0 Å². The largest absolute Gasteiger partial charge is 0.338 e. The molecule has 0 spiro atoms. The molecule has 20 heavy (non-hydrogen) atoms. The Hall–Kier alpha value is -1.62. The van der Waals surface area contributed by atoms with Crippen LogP contribution < -0.4 is 5.32 Å². The van der Waals surface area contributed by atoms with Gasteiger partial charge in [-0.1, -0.05) is 13.8 Å². The van der Waals surface area contributed by atoms with Gasteiger partial charge in [0.15, 0.2) is 0 Å². The van der Waals surface area contributed by atoms with Crippen LogP contribution in [0.25, 0.3) is 0 Å². The van der Waals surface area contributed by atoms with E-state index in [4.69, 9.17) is 4.98 Å². The topological polar surface area (TPSA) is 47.7 Å². The summed E-state index contributed by atoms with van der Waals surface area (Å²) in [5.74, 6) is 2.81.